The number of aryl methyl sites for hydroxylation is 1. The fraction of sp³-hybridized carbons (Fsp3) is 0.467. The molecule has 102 valence electrons. The Morgan fingerprint density at radius 1 is 1.05 bits per heavy atom. The first-order valence-corrected chi connectivity index (χ1v) is 6.77. The molecule has 2 rings (SSSR count). The third-order valence-corrected chi connectivity index (χ3v) is 3.54. The normalized spacial score (nSPS) is 15.3. The molecule has 0 aliphatic carbocycles. The fourth-order valence-corrected chi connectivity index (χ4v) is 2.37. The van der Waals surface area contributed by atoms with Crippen LogP contribution in [0.15, 0.2) is 24.3 Å². The van der Waals surface area contributed by atoms with E-state index in [-0.39, 0.29) is 11.5 Å². The molecule has 4 nitrogen and oxygen atoms in total. The van der Waals surface area contributed by atoms with Crippen LogP contribution in [0.2, 0.25) is 0 Å². The number of hydrogen-bond donors (Lipinski definition) is 1. The van der Waals surface area contributed by atoms with Gasteiger partial charge in [-0.3, -0.25) is 4.79 Å². The molecule has 0 aromatic heterocycles. The van der Waals surface area contributed by atoms with Gasteiger partial charge < -0.3 is 10.0 Å². The lowest BCUT2D eigenvalue weighted by Crippen LogP contribution is -2.35. The summed E-state index contributed by atoms with van der Waals surface area (Å²) in [5.41, 5.74) is 1.29. The highest BCUT2D eigenvalue weighted by atomic mass is 16.4. The van der Waals surface area contributed by atoms with Gasteiger partial charge in [0.1, 0.15) is 0 Å². The van der Waals surface area contributed by atoms with Crippen LogP contribution < -0.4 is 0 Å². The molecule has 0 radical (unpaired) electrons. The van der Waals surface area contributed by atoms with Crippen molar-refractivity contribution in [1.82, 2.24) is 4.90 Å². The highest BCUT2D eigenvalue weighted by molar-refractivity contribution is 5.87. The van der Waals surface area contributed by atoms with Crippen LogP contribution in [0, 0.1) is 0 Å². The minimum Gasteiger partial charge on any atom is -0.478 e. The number of benzene rings is 1. The number of amides is 1. The molecule has 19 heavy (non-hydrogen) atoms. The minimum absolute atomic E-state index is 0.210. The molecule has 0 saturated carbocycles. The van der Waals surface area contributed by atoms with Gasteiger partial charge in [-0.05, 0) is 43.4 Å². The maximum atomic E-state index is 12.0. The van der Waals surface area contributed by atoms with Gasteiger partial charge in [0.05, 0.1) is 5.56 Å². The van der Waals surface area contributed by atoms with Crippen molar-refractivity contribution in [2.75, 3.05) is 13.1 Å². The summed E-state index contributed by atoms with van der Waals surface area (Å²) in [6.07, 6.45) is 4.63. The predicted molar refractivity (Wildman–Crippen MR) is 72.2 cm³/mol. The zero-order valence-electron chi connectivity index (χ0n) is 11.0. The molecule has 1 N–H and O–H groups in total. The highest BCUT2D eigenvalue weighted by Gasteiger charge is 2.15. The van der Waals surface area contributed by atoms with Crippen LogP contribution in [0.25, 0.3) is 0 Å². The van der Waals surface area contributed by atoms with Gasteiger partial charge in [-0.1, -0.05) is 12.1 Å². The van der Waals surface area contributed by atoms with Crippen molar-refractivity contribution in [1.29, 1.82) is 0 Å². The molecule has 0 spiro atoms. The summed E-state index contributed by atoms with van der Waals surface area (Å²) in [5.74, 6) is -0.710. The van der Waals surface area contributed by atoms with Gasteiger partial charge in [0, 0.05) is 19.5 Å². The molecule has 1 aliphatic heterocycles. The van der Waals surface area contributed by atoms with Gasteiger partial charge in [-0.15, -0.1) is 0 Å². The number of hydrogen-bond acceptors (Lipinski definition) is 2. The summed E-state index contributed by atoms with van der Waals surface area (Å²) in [4.78, 5) is 24.6. The third-order valence-electron chi connectivity index (χ3n) is 3.54. The first-order chi connectivity index (χ1) is 9.16. The molecule has 1 aliphatic rings. The topological polar surface area (TPSA) is 57.6 Å². The number of aromatic carboxylic acids is 1. The molecule has 0 bridgehead atoms. The van der Waals surface area contributed by atoms with Crippen LogP contribution in [0.5, 0.6) is 0 Å². The summed E-state index contributed by atoms with van der Waals surface area (Å²) in [7, 11) is 0. The Labute approximate surface area is 113 Å². The Morgan fingerprint density at radius 2 is 1.68 bits per heavy atom. The number of carboxylic acid groups (broad SMARTS) is 1. The smallest absolute Gasteiger partial charge is 0.335 e. The Hall–Kier alpha value is -1.84. The lowest BCUT2D eigenvalue weighted by atomic mass is 10.1. The summed E-state index contributed by atoms with van der Waals surface area (Å²) < 4.78 is 0. The Bertz CT molecular complexity index is 447. The van der Waals surface area contributed by atoms with Crippen LogP contribution in [0.3, 0.4) is 0 Å². The van der Waals surface area contributed by atoms with E-state index in [1.165, 1.54) is 6.42 Å². The monoisotopic (exact) mass is 261 g/mol. The van der Waals surface area contributed by atoms with Gasteiger partial charge in [0.15, 0.2) is 0 Å². The van der Waals surface area contributed by atoms with Crippen molar-refractivity contribution in [3.05, 3.63) is 35.4 Å². The average molecular weight is 261 g/mol. The summed E-state index contributed by atoms with van der Waals surface area (Å²) >= 11 is 0. The Morgan fingerprint density at radius 3 is 2.26 bits per heavy atom. The number of carbonyl (C=O) groups is 2. The first-order valence-electron chi connectivity index (χ1n) is 6.77. The number of carboxylic acids is 1. The zero-order chi connectivity index (χ0) is 13.7. The lowest BCUT2D eigenvalue weighted by Gasteiger charge is -2.26. The number of nitrogens with zero attached hydrogens (tertiary/aromatic N) is 1. The maximum absolute atomic E-state index is 12.0. The van der Waals surface area contributed by atoms with Crippen LogP contribution >= 0.6 is 0 Å². The Balaban J connectivity index is 1.84. The van der Waals surface area contributed by atoms with E-state index in [4.69, 9.17) is 5.11 Å². The van der Waals surface area contributed by atoms with Gasteiger partial charge in [0.25, 0.3) is 0 Å². The average Bonchev–Trinajstić information content (AvgIpc) is 2.46. The number of rotatable bonds is 4. The standard InChI is InChI=1S/C15H19NO3/c17-14(16-10-2-1-3-11-16)9-6-12-4-7-13(8-5-12)15(18)19/h4-5,7-8H,1-3,6,9-11H2,(H,18,19). The van der Waals surface area contributed by atoms with Crippen molar-refractivity contribution < 1.29 is 14.7 Å². The molecule has 0 atom stereocenters. The van der Waals surface area contributed by atoms with Gasteiger partial charge in [-0.25, -0.2) is 4.79 Å². The van der Waals surface area contributed by atoms with Crippen molar-refractivity contribution in [2.45, 2.75) is 32.1 Å². The molecule has 1 amide bonds. The molecule has 1 heterocycles. The van der Waals surface area contributed by atoms with Gasteiger partial charge >= 0.3 is 5.97 Å². The third kappa shape index (κ3) is 3.81. The van der Waals surface area contributed by atoms with E-state index >= 15 is 0 Å². The van der Waals surface area contributed by atoms with Crippen LogP contribution in [-0.4, -0.2) is 35.0 Å². The lowest BCUT2D eigenvalue weighted by molar-refractivity contribution is -0.132. The zero-order valence-corrected chi connectivity index (χ0v) is 11.0. The first kappa shape index (κ1) is 13.6. The van der Waals surface area contributed by atoms with E-state index in [2.05, 4.69) is 0 Å². The van der Waals surface area contributed by atoms with E-state index in [0.29, 0.717) is 12.8 Å². The molecule has 1 saturated heterocycles. The van der Waals surface area contributed by atoms with E-state index in [1.807, 2.05) is 4.90 Å². The van der Waals surface area contributed by atoms with Gasteiger partial charge in [-0.2, -0.15) is 0 Å². The second kappa shape index (κ2) is 6.36. The SMILES string of the molecule is O=C(O)c1ccc(CCC(=O)N2CCCCC2)cc1. The fourth-order valence-electron chi connectivity index (χ4n) is 2.37. The molecule has 1 fully saturated rings. The predicted octanol–water partition coefficient (Wildman–Crippen LogP) is 2.33. The molecular formula is C15H19NO3. The Kier molecular flexibility index (Phi) is 4.55. The summed E-state index contributed by atoms with van der Waals surface area (Å²) in [6, 6.07) is 6.74. The molecule has 1 aromatic carbocycles. The van der Waals surface area contributed by atoms with Crippen LogP contribution in [-0.2, 0) is 11.2 Å². The molecule has 0 unspecified atom stereocenters. The van der Waals surface area contributed by atoms with Crippen molar-refractivity contribution in [3.8, 4) is 0 Å². The largest absolute Gasteiger partial charge is 0.478 e. The van der Waals surface area contributed by atoms with Crippen LogP contribution in [0.1, 0.15) is 41.6 Å². The highest BCUT2D eigenvalue weighted by Crippen LogP contribution is 2.12. The van der Waals surface area contributed by atoms with E-state index in [0.717, 1.165) is 31.5 Å². The number of carbonyl (C=O) groups excluding carboxylic acids is 1. The second-order valence-corrected chi connectivity index (χ2v) is 4.94. The molecular weight excluding hydrogens is 242 g/mol. The van der Waals surface area contributed by atoms with Crippen molar-refractivity contribution in [3.63, 3.8) is 0 Å². The van der Waals surface area contributed by atoms with E-state index in [9.17, 15) is 9.59 Å². The molecule has 1 aromatic rings. The quantitative estimate of drug-likeness (QED) is 0.905. The van der Waals surface area contributed by atoms with Crippen molar-refractivity contribution >= 4 is 11.9 Å². The summed E-state index contributed by atoms with van der Waals surface area (Å²) in [6.45, 7) is 1.77. The maximum Gasteiger partial charge on any atom is 0.335 e. The molecule has 4 heteroatoms. The minimum atomic E-state index is -0.920. The van der Waals surface area contributed by atoms with E-state index < -0.39 is 5.97 Å². The van der Waals surface area contributed by atoms with Gasteiger partial charge in [0.2, 0.25) is 5.91 Å². The van der Waals surface area contributed by atoms with Crippen molar-refractivity contribution in [2.24, 2.45) is 0 Å². The van der Waals surface area contributed by atoms with Crippen LogP contribution in [0.4, 0.5) is 0 Å². The number of piperidine rings is 1. The second-order valence-electron chi connectivity index (χ2n) is 4.94. The number of likely N-dealkylation sites (tertiary alicyclic amines) is 1. The van der Waals surface area contributed by atoms with E-state index in [1.54, 1.807) is 24.3 Å². The summed E-state index contributed by atoms with van der Waals surface area (Å²) in [5, 5.41) is 8.80.